The molecule has 2 spiro atoms. The third-order valence-electron chi connectivity index (χ3n) is 8.50. The molecule has 1 amide bonds. The van der Waals surface area contributed by atoms with Crippen LogP contribution in [0.2, 0.25) is 0 Å². The molecule has 2 N–H and O–H groups in total. The van der Waals surface area contributed by atoms with Crippen molar-refractivity contribution in [1.29, 1.82) is 5.26 Å². The molecule has 2 fully saturated rings. The van der Waals surface area contributed by atoms with E-state index in [1.54, 1.807) is 12.0 Å². The van der Waals surface area contributed by atoms with Crippen LogP contribution in [-0.4, -0.2) is 62.4 Å². The van der Waals surface area contributed by atoms with Crippen LogP contribution in [0.1, 0.15) is 49.8 Å². The lowest BCUT2D eigenvalue weighted by atomic mass is 9.56. The van der Waals surface area contributed by atoms with E-state index in [9.17, 15) is 10.1 Å². The number of carbonyl (C=O) groups is 1. The Morgan fingerprint density at radius 2 is 2.18 bits per heavy atom. The number of hydrogen-bond acceptors (Lipinski definition) is 7. The Kier molecular flexibility index (Phi) is 5.91. The first-order valence-electron chi connectivity index (χ1n) is 12.3. The first-order valence-corrected chi connectivity index (χ1v) is 12.3. The fraction of sp³-hybridized carbons (Fsp3) is 0.654. The second-order valence-corrected chi connectivity index (χ2v) is 10.4. The summed E-state index contributed by atoms with van der Waals surface area (Å²) >= 11 is 0. The zero-order chi connectivity index (χ0) is 24.1. The van der Waals surface area contributed by atoms with Crippen molar-refractivity contribution >= 4 is 11.9 Å². The fourth-order valence-electron chi connectivity index (χ4n) is 7.18. The summed E-state index contributed by atoms with van der Waals surface area (Å²) in [6.07, 6.45) is 3.23. The molecule has 0 aromatic heterocycles. The highest BCUT2D eigenvalue weighted by atomic mass is 16.6. The number of rotatable bonds is 4. The Morgan fingerprint density at radius 3 is 2.85 bits per heavy atom. The third-order valence-corrected chi connectivity index (χ3v) is 8.50. The lowest BCUT2D eigenvalue weighted by molar-refractivity contribution is -0.146. The molecule has 2 aliphatic carbocycles. The van der Waals surface area contributed by atoms with Crippen molar-refractivity contribution in [2.45, 2.75) is 57.3 Å². The maximum Gasteiger partial charge on any atom is 0.262 e. The van der Waals surface area contributed by atoms with Gasteiger partial charge in [-0.3, -0.25) is 9.69 Å². The van der Waals surface area contributed by atoms with Crippen molar-refractivity contribution in [1.82, 2.24) is 4.90 Å². The molecule has 6 atom stereocenters. The number of carbonyl (C=O) groups excluding carboxylic acids is 1. The van der Waals surface area contributed by atoms with Crippen LogP contribution in [0.3, 0.4) is 0 Å². The number of guanidine groups is 1. The van der Waals surface area contributed by atoms with Gasteiger partial charge in [0.2, 0.25) is 0 Å². The molecule has 4 aliphatic rings. The number of hydrogen-bond donors (Lipinski definition) is 1. The molecule has 0 unspecified atom stereocenters. The van der Waals surface area contributed by atoms with E-state index in [4.69, 9.17) is 24.9 Å². The summed E-state index contributed by atoms with van der Waals surface area (Å²) in [6.45, 7) is 6.20. The lowest BCUT2D eigenvalue weighted by Crippen LogP contribution is -2.56. The van der Waals surface area contributed by atoms with Crippen molar-refractivity contribution in [3.8, 4) is 6.07 Å². The van der Waals surface area contributed by atoms with Crippen LogP contribution in [0.25, 0.3) is 0 Å². The molecule has 0 bridgehead atoms. The number of nitriles is 1. The van der Waals surface area contributed by atoms with Crippen LogP contribution < -0.4 is 5.73 Å². The molecular formula is C26H34N4O4. The number of benzene rings is 1. The van der Waals surface area contributed by atoms with Crippen LogP contribution in [0, 0.1) is 28.6 Å². The summed E-state index contributed by atoms with van der Waals surface area (Å²) in [4.78, 5) is 21.0. The summed E-state index contributed by atoms with van der Waals surface area (Å²) < 4.78 is 17.3. The molecule has 2 aliphatic heterocycles. The first-order chi connectivity index (χ1) is 16.4. The summed E-state index contributed by atoms with van der Waals surface area (Å²) in [5.74, 6) is 0.691. The molecule has 0 radical (unpaired) electrons. The Balaban J connectivity index is 1.61. The average molecular weight is 467 g/mol. The minimum absolute atomic E-state index is 0.106. The van der Waals surface area contributed by atoms with Crippen LogP contribution >= 0.6 is 0 Å². The van der Waals surface area contributed by atoms with Gasteiger partial charge >= 0.3 is 0 Å². The number of nitrogens with zero attached hydrogens (tertiary/aromatic N) is 3. The van der Waals surface area contributed by atoms with Gasteiger partial charge in [0, 0.05) is 12.5 Å². The van der Waals surface area contributed by atoms with E-state index in [-0.39, 0.29) is 30.0 Å². The molecule has 1 saturated carbocycles. The van der Waals surface area contributed by atoms with Crippen molar-refractivity contribution in [3.63, 3.8) is 0 Å². The third kappa shape index (κ3) is 3.29. The highest BCUT2D eigenvalue weighted by molar-refractivity contribution is 6.08. The molecule has 5 rings (SSSR count). The number of aliphatic imine (C=N–C) groups is 1. The molecule has 34 heavy (non-hydrogen) atoms. The van der Waals surface area contributed by atoms with E-state index in [1.807, 2.05) is 18.2 Å². The summed E-state index contributed by atoms with van der Waals surface area (Å²) in [5, 5.41) is 9.62. The zero-order valence-corrected chi connectivity index (χ0v) is 20.3. The van der Waals surface area contributed by atoms with Crippen molar-refractivity contribution in [3.05, 3.63) is 34.9 Å². The van der Waals surface area contributed by atoms with Gasteiger partial charge in [-0.05, 0) is 54.4 Å². The Labute approximate surface area is 201 Å². The Bertz CT molecular complexity index is 1050. The largest absolute Gasteiger partial charge is 0.381 e. The molecule has 8 heteroatoms. The maximum absolute atomic E-state index is 14.4. The van der Waals surface area contributed by atoms with Crippen LogP contribution in [0.15, 0.2) is 23.2 Å². The van der Waals surface area contributed by atoms with Gasteiger partial charge in [0.25, 0.3) is 5.91 Å². The SMILES string of the molecule is CC[C@@H]1C[C@@]2(Cc3ccc(C#N)cc3[C@]23N=C(N)N(C[C@H]2COCCO2)C3=O)C[C@H](C)[C@H]1OC. The lowest BCUT2D eigenvalue weighted by Gasteiger charge is -2.51. The topological polar surface area (TPSA) is 110 Å². The molecule has 1 aromatic rings. The van der Waals surface area contributed by atoms with Gasteiger partial charge in [-0.15, -0.1) is 0 Å². The van der Waals surface area contributed by atoms with E-state index in [0.29, 0.717) is 37.8 Å². The van der Waals surface area contributed by atoms with Crippen LogP contribution in [0.5, 0.6) is 0 Å². The van der Waals surface area contributed by atoms with Gasteiger partial charge in [-0.25, -0.2) is 4.99 Å². The first kappa shape index (κ1) is 23.3. The Hall–Kier alpha value is -2.47. The number of nitrogens with two attached hydrogens (primary N) is 1. The van der Waals surface area contributed by atoms with Crippen molar-refractivity contribution in [2.75, 3.05) is 33.5 Å². The van der Waals surface area contributed by atoms with E-state index in [2.05, 4.69) is 19.9 Å². The minimum atomic E-state index is -1.13. The maximum atomic E-state index is 14.4. The normalized spacial score (nSPS) is 37.2. The molecule has 2 heterocycles. The highest BCUT2D eigenvalue weighted by Crippen LogP contribution is 2.64. The number of fused-ring (bicyclic) bond motifs is 3. The summed E-state index contributed by atoms with van der Waals surface area (Å²) in [7, 11) is 1.78. The van der Waals surface area contributed by atoms with Gasteiger partial charge in [-0.1, -0.05) is 26.3 Å². The molecule has 8 nitrogen and oxygen atoms in total. The van der Waals surface area contributed by atoms with E-state index < -0.39 is 11.0 Å². The van der Waals surface area contributed by atoms with E-state index in [1.165, 1.54) is 0 Å². The fourth-order valence-corrected chi connectivity index (χ4v) is 7.18. The van der Waals surface area contributed by atoms with Crippen molar-refractivity contribution < 1.29 is 19.0 Å². The second-order valence-electron chi connectivity index (χ2n) is 10.4. The summed E-state index contributed by atoms with van der Waals surface area (Å²) in [5.41, 5.74) is 7.39. The minimum Gasteiger partial charge on any atom is -0.381 e. The van der Waals surface area contributed by atoms with Gasteiger partial charge in [0.1, 0.15) is 0 Å². The van der Waals surface area contributed by atoms with Gasteiger partial charge in [0.15, 0.2) is 11.5 Å². The standard InChI is InChI=1S/C26H34N4O4/c1-4-18-11-25(10-16(2)22(18)32-3)12-19-6-5-17(13-27)9-21(19)26(25)23(31)30(24(28)29-26)14-20-15-33-7-8-34-20/h5-6,9,16,18,20,22H,4,7-8,10-12,14-15H2,1-3H3,(H2,28,29)/t16-,18+,20-,22+,25+,26+/m0/s1. The molecule has 1 saturated heterocycles. The molecule has 182 valence electrons. The zero-order valence-electron chi connectivity index (χ0n) is 20.3. The predicted octanol–water partition coefficient (Wildman–Crippen LogP) is 2.34. The predicted molar refractivity (Wildman–Crippen MR) is 126 cm³/mol. The van der Waals surface area contributed by atoms with E-state index in [0.717, 1.165) is 36.8 Å². The summed E-state index contributed by atoms with van der Waals surface area (Å²) in [6, 6.07) is 7.93. The van der Waals surface area contributed by atoms with Gasteiger partial charge in [0.05, 0.1) is 50.2 Å². The second kappa shape index (κ2) is 8.63. The van der Waals surface area contributed by atoms with Gasteiger partial charge < -0.3 is 19.9 Å². The molecule has 1 aromatic carbocycles. The molecular weight excluding hydrogens is 432 g/mol. The highest BCUT2D eigenvalue weighted by Gasteiger charge is 2.68. The van der Waals surface area contributed by atoms with Crippen LogP contribution in [-0.2, 0) is 31.0 Å². The average Bonchev–Trinajstić information content (AvgIpc) is 3.25. The Morgan fingerprint density at radius 1 is 1.35 bits per heavy atom. The number of amides is 1. The van der Waals surface area contributed by atoms with Crippen LogP contribution in [0.4, 0.5) is 0 Å². The quantitative estimate of drug-likeness (QED) is 0.729. The van der Waals surface area contributed by atoms with Crippen molar-refractivity contribution in [2.24, 2.45) is 28.0 Å². The smallest absolute Gasteiger partial charge is 0.262 e. The van der Waals surface area contributed by atoms with Gasteiger partial charge in [-0.2, -0.15) is 5.26 Å². The number of ether oxygens (including phenoxy) is 3. The monoisotopic (exact) mass is 466 g/mol. The van der Waals surface area contributed by atoms with E-state index >= 15 is 0 Å². The number of methoxy groups -OCH3 is 1.